The molecule has 1 N–H and O–H groups in total. The molecule has 0 radical (unpaired) electrons. The van der Waals surface area contributed by atoms with Gasteiger partial charge in [-0.2, -0.15) is 0 Å². The van der Waals surface area contributed by atoms with E-state index in [9.17, 15) is 5.11 Å². The summed E-state index contributed by atoms with van der Waals surface area (Å²) in [5, 5.41) is 9.57. The van der Waals surface area contributed by atoms with Crippen molar-refractivity contribution in [3.8, 4) is 11.5 Å². The molecule has 1 unspecified atom stereocenters. The monoisotopic (exact) mass is 270 g/mol. The second-order valence-corrected chi connectivity index (χ2v) is 5.11. The van der Waals surface area contributed by atoms with E-state index in [1.54, 1.807) is 6.92 Å². The van der Waals surface area contributed by atoms with Gasteiger partial charge in [0.25, 0.3) is 0 Å². The first-order valence-electron chi connectivity index (χ1n) is 6.88. The fourth-order valence-electron chi connectivity index (χ4n) is 2.40. The Hall–Kier alpha value is -2.00. The Bertz CT molecular complexity index is 567. The van der Waals surface area contributed by atoms with Gasteiger partial charge in [-0.3, -0.25) is 0 Å². The summed E-state index contributed by atoms with van der Waals surface area (Å²) in [6.07, 6.45) is 0.458. The van der Waals surface area contributed by atoms with Crippen LogP contribution in [0.3, 0.4) is 0 Å². The summed E-state index contributed by atoms with van der Waals surface area (Å²) in [6, 6.07) is 15.6. The fraction of sp³-hybridized carbons (Fsp3) is 0.294. The molecule has 2 atom stereocenters. The largest absolute Gasteiger partial charge is 0.490 e. The van der Waals surface area contributed by atoms with E-state index >= 15 is 0 Å². The third-order valence-corrected chi connectivity index (χ3v) is 3.49. The van der Waals surface area contributed by atoms with Crippen LogP contribution in [0.4, 0.5) is 0 Å². The number of ether oxygens (including phenoxy) is 2. The summed E-state index contributed by atoms with van der Waals surface area (Å²) >= 11 is 0. The van der Waals surface area contributed by atoms with E-state index in [1.807, 2.05) is 42.5 Å². The summed E-state index contributed by atoms with van der Waals surface area (Å²) in [7, 11) is 0. The normalized spacial score (nSPS) is 18.2. The summed E-state index contributed by atoms with van der Waals surface area (Å²) in [5.41, 5.74) is 2.09. The Labute approximate surface area is 118 Å². The highest BCUT2D eigenvalue weighted by molar-refractivity contribution is 5.37. The van der Waals surface area contributed by atoms with Gasteiger partial charge in [-0.1, -0.05) is 30.3 Å². The van der Waals surface area contributed by atoms with E-state index in [0.717, 1.165) is 23.5 Å². The van der Waals surface area contributed by atoms with Crippen molar-refractivity contribution in [1.29, 1.82) is 0 Å². The SMILES string of the molecule is C[C@@H](O)c1cccc(OCC2Cc3ccccc3O2)c1. The number of benzene rings is 2. The van der Waals surface area contributed by atoms with E-state index < -0.39 is 6.10 Å². The van der Waals surface area contributed by atoms with E-state index in [4.69, 9.17) is 9.47 Å². The summed E-state index contributed by atoms with van der Waals surface area (Å²) in [4.78, 5) is 0. The number of rotatable bonds is 4. The minimum atomic E-state index is -0.481. The van der Waals surface area contributed by atoms with Gasteiger partial charge in [0, 0.05) is 6.42 Å². The number of aliphatic hydroxyl groups is 1. The van der Waals surface area contributed by atoms with Crippen LogP contribution in [0, 0.1) is 0 Å². The molecule has 0 bridgehead atoms. The highest BCUT2D eigenvalue weighted by Crippen LogP contribution is 2.28. The van der Waals surface area contributed by atoms with Gasteiger partial charge >= 0.3 is 0 Å². The molecule has 0 spiro atoms. The zero-order valence-corrected chi connectivity index (χ0v) is 11.5. The van der Waals surface area contributed by atoms with Gasteiger partial charge in [0.05, 0.1) is 6.10 Å². The number of aliphatic hydroxyl groups excluding tert-OH is 1. The van der Waals surface area contributed by atoms with Crippen LogP contribution in [0.2, 0.25) is 0 Å². The molecule has 2 aromatic rings. The maximum atomic E-state index is 9.57. The first-order valence-corrected chi connectivity index (χ1v) is 6.88. The topological polar surface area (TPSA) is 38.7 Å². The van der Waals surface area contributed by atoms with Crippen LogP contribution < -0.4 is 9.47 Å². The van der Waals surface area contributed by atoms with Crippen molar-refractivity contribution in [3.63, 3.8) is 0 Å². The molecule has 0 aromatic heterocycles. The van der Waals surface area contributed by atoms with Crippen molar-refractivity contribution in [2.45, 2.75) is 25.6 Å². The molecule has 0 saturated heterocycles. The van der Waals surface area contributed by atoms with Crippen molar-refractivity contribution in [1.82, 2.24) is 0 Å². The number of hydrogen-bond acceptors (Lipinski definition) is 3. The second-order valence-electron chi connectivity index (χ2n) is 5.11. The molecule has 0 aliphatic carbocycles. The first-order chi connectivity index (χ1) is 9.72. The van der Waals surface area contributed by atoms with Gasteiger partial charge in [0.15, 0.2) is 0 Å². The van der Waals surface area contributed by atoms with Crippen LogP contribution in [-0.4, -0.2) is 17.8 Å². The molecule has 104 valence electrons. The predicted molar refractivity (Wildman–Crippen MR) is 77.1 cm³/mol. The van der Waals surface area contributed by atoms with Crippen LogP contribution in [0.1, 0.15) is 24.2 Å². The van der Waals surface area contributed by atoms with Crippen LogP contribution in [0.15, 0.2) is 48.5 Å². The van der Waals surface area contributed by atoms with Crippen LogP contribution in [0.5, 0.6) is 11.5 Å². The molecule has 1 heterocycles. The molecule has 1 aliphatic rings. The standard InChI is InChI=1S/C17H18O3/c1-12(18)13-6-4-7-15(9-13)19-11-16-10-14-5-2-3-8-17(14)20-16/h2-9,12,16,18H,10-11H2,1H3/t12-,16?/m1/s1. The molecular weight excluding hydrogens is 252 g/mol. The third kappa shape index (κ3) is 2.78. The summed E-state index contributed by atoms with van der Waals surface area (Å²) < 4.78 is 11.6. The smallest absolute Gasteiger partial charge is 0.137 e. The second kappa shape index (κ2) is 5.55. The summed E-state index contributed by atoms with van der Waals surface area (Å²) in [5.74, 6) is 1.72. The van der Waals surface area contributed by atoms with Crippen molar-refractivity contribution in [2.75, 3.05) is 6.61 Å². The highest BCUT2D eigenvalue weighted by atomic mass is 16.5. The zero-order valence-electron chi connectivity index (χ0n) is 11.5. The number of hydrogen-bond donors (Lipinski definition) is 1. The van der Waals surface area contributed by atoms with Gasteiger partial charge in [-0.05, 0) is 36.2 Å². The lowest BCUT2D eigenvalue weighted by molar-refractivity contribution is 0.148. The predicted octanol–water partition coefficient (Wildman–Crippen LogP) is 3.12. The zero-order chi connectivity index (χ0) is 13.9. The van der Waals surface area contributed by atoms with E-state index in [-0.39, 0.29) is 6.10 Å². The molecule has 2 aromatic carbocycles. The van der Waals surface area contributed by atoms with Crippen molar-refractivity contribution >= 4 is 0 Å². The number of para-hydroxylation sites is 1. The lowest BCUT2D eigenvalue weighted by Gasteiger charge is -2.13. The molecule has 1 aliphatic heterocycles. The molecule has 20 heavy (non-hydrogen) atoms. The maximum absolute atomic E-state index is 9.57. The van der Waals surface area contributed by atoms with Crippen molar-refractivity contribution < 1.29 is 14.6 Å². The van der Waals surface area contributed by atoms with Gasteiger partial charge in [0.1, 0.15) is 24.2 Å². The summed E-state index contributed by atoms with van der Waals surface area (Å²) in [6.45, 7) is 2.26. The quantitative estimate of drug-likeness (QED) is 0.927. The van der Waals surface area contributed by atoms with Crippen LogP contribution in [0.25, 0.3) is 0 Å². The molecule has 0 saturated carbocycles. The van der Waals surface area contributed by atoms with Crippen LogP contribution in [-0.2, 0) is 6.42 Å². The Balaban J connectivity index is 1.60. The minimum Gasteiger partial charge on any atom is -0.490 e. The third-order valence-electron chi connectivity index (χ3n) is 3.49. The average Bonchev–Trinajstić information content (AvgIpc) is 2.88. The Morgan fingerprint density at radius 3 is 2.90 bits per heavy atom. The number of fused-ring (bicyclic) bond motifs is 1. The van der Waals surface area contributed by atoms with E-state index in [0.29, 0.717) is 6.61 Å². The Morgan fingerprint density at radius 2 is 2.10 bits per heavy atom. The van der Waals surface area contributed by atoms with Gasteiger partial charge in [0.2, 0.25) is 0 Å². The Morgan fingerprint density at radius 1 is 1.25 bits per heavy atom. The fourth-order valence-corrected chi connectivity index (χ4v) is 2.40. The van der Waals surface area contributed by atoms with Gasteiger partial charge in [-0.25, -0.2) is 0 Å². The molecular formula is C17H18O3. The molecule has 3 heteroatoms. The minimum absolute atomic E-state index is 0.0580. The van der Waals surface area contributed by atoms with E-state index in [2.05, 4.69) is 6.07 Å². The average molecular weight is 270 g/mol. The Kier molecular flexibility index (Phi) is 3.61. The van der Waals surface area contributed by atoms with Crippen LogP contribution >= 0.6 is 0 Å². The molecule has 3 rings (SSSR count). The molecule has 0 fully saturated rings. The van der Waals surface area contributed by atoms with Gasteiger partial charge < -0.3 is 14.6 Å². The van der Waals surface area contributed by atoms with Gasteiger partial charge in [-0.15, -0.1) is 0 Å². The molecule has 3 nitrogen and oxygen atoms in total. The highest BCUT2D eigenvalue weighted by Gasteiger charge is 2.22. The van der Waals surface area contributed by atoms with Crippen molar-refractivity contribution in [2.24, 2.45) is 0 Å². The first kappa shape index (κ1) is 13.0. The lowest BCUT2D eigenvalue weighted by atomic mass is 10.1. The van der Waals surface area contributed by atoms with E-state index in [1.165, 1.54) is 5.56 Å². The lowest BCUT2D eigenvalue weighted by Crippen LogP contribution is -2.22. The maximum Gasteiger partial charge on any atom is 0.137 e. The van der Waals surface area contributed by atoms with Crippen molar-refractivity contribution in [3.05, 3.63) is 59.7 Å². The molecule has 0 amide bonds.